The van der Waals surface area contributed by atoms with Crippen molar-refractivity contribution in [2.45, 2.75) is 33.2 Å². The van der Waals surface area contributed by atoms with Gasteiger partial charge in [0.1, 0.15) is 17.1 Å². The quantitative estimate of drug-likeness (QED) is 0.624. The van der Waals surface area contributed by atoms with Crippen molar-refractivity contribution in [3.05, 3.63) is 70.0 Å². The number of aromatic carboxylic acids is 1. The second-order valence-electron chi connectivity index (χ2n) is 9.18. The Hall–Kier alpha value is -3.54. The Morgan fingerprint density at radius 2 is 1.81 bits per heavy atom. The summed E-state index contributed by atoms with van der Waals surface area (Å²) in [6.45, 7) is 6.37. The molecule has 0 bridgehead atoms. The lowest BCUT2D eigenvalue weighted by atomic mass is 9.78. The smallest absolute Gasteiger partial charge is 0.341 e. The van der Waals surface area contributed by atoms with Gasteiger partial charge in [-0.15, -0.1) is 0 Å². The van der Waals surface area contributed by atoms with Gasteiger partial charge >= 0.3 is 5.97 Å². The Kier molecular flexibility index (Phi) is 5.33. The lowest BCUT2D eigenvalue weighted by Crippen LogP contribution is -2.32. The number of hydrogen-bond acceptors (Lipinski definition) is 4. The summed E-state index contributed by atoms with van der Waals surface area (Å²) >= 11 is 0. The molecule has 0 saturated carbocycles. The maximum Gasteiger partial charge on any atom is 0.341 e. The molecule has 32 heavy (non-hydrogen) atoms. The molecule has 2 heterocycles. The van der Waals surface area contributed by atoms with Crippen molar-refractivity contribution in [3.63, 3.8) is 0 Å². The first-order valence-corrected chi connectivity index (χ1v) is 10.5. The van der Waals surface area contributed by atoms with E-state index in [1.54, 1.807) is 14.2 Å². The zero-order valence-electron chi connectivity index (χ0n) is 18.9. The van der Waals surface area contributed by atoms with Crippen LogP contribution in [0.15, 0.2) is 53.5 Å². The molecule has 6 heteroatoms. The second-order valence-corrected chi connectivity index (χ2v) is 9.18. The Labute approximate surface area is 187 Å². The van der Waals surface area contributed by atoms with Crippen LogP contribution in [0.1, 0.15) is 42.7 Å². The van der Waals surface area contributed by atoms with Crippen LogP contribution < -0.4 is 14.9 Å². The number of carboxylic acids is 1. The molecule has 0 saturated heterocycles. The molecule has 0 fully saturated rings. The minimum absolute atomic E-state index is 0.0183. The first-order valence-electron chi connectivity index (χ1n) is 10.5. The summed E-state index contributed by atoms with van der Waals surface area (Å²) in [7, 11) is 3.25. The van der Waals surface area contributed by atoms with E-state index in [0.29, 0.717) is 17.9 Å². The summed E-state index contributed by atoms with van der Waals surface area (Å²) in [5.41, 5.74) is 3.71. The molecule has 1 atom stereocenters. The van der Waals surface area contributed by atoms with Gasteiger partial charge in [-0.05, 0) is 47.2 Å². The highest BCUT2D eigenvalue weighted by atomic mass is 16.5. The van der Waals surface area contributed by atoms with Crippen molar-refractivity contribution in [1.82, 2.24) is 4.57 Å². The third kappa shape index (κ3) is 3.66. The Morgan fingerprint density at radius 1 is 1.06 bits per heavy atom. The minimum atomic E-state index is -1.21. The number of pyridine rings is 1. The summed E-state index contributed by atoms with van der Waals surface area (Å²) in [5, 5.41) is 9.50. The van der Waals surface area contributed by atoms with E-state index in [1.807, 2.05) is 34.9 Å². The molecule has 1 aliphatic rings. The molecule has 1 unspecified atom stereocenters. The van der Waals surface area contributed by atoms with Gasteiger partial charge in [0.15, 0.2) is 5.43 Å². The number of nitrogens with zero attached hydrogens (tertiary/aromatic N) is 1. The average molecular weight is 434 g/mol. The number of benzene rings is 2. The topological polar surface area (TPSA) is 77.8 Å². The molecule has 0 radical (unpaired) electrons. The average Bonchev–Trinajstić information content (AvgIpc) is 2.76. The molecule has 166 valence electrons. The van der Waals surface area contributed by atoms with E-state index in [9.17, 15) is 14.7 Å². The predicted molar refractivity (Wildman–Crippen MR) is 124 cm³/mol. The van der Waals surface area contributed by atoms with Gasteiger partial charge in [0.2, 0.25) is 0 Å². The SMILES string of the molecule is COc1cccc(-c2cc3c(cc2OC)-c2cc(=O)c(C(=O)O)cn2C(C(C)(C)C)C3)c1. The molecule has 6 nitrogen and oxygen atoms in total. The maximum absolute atomic E-state index is 12.6. The van der Waals surface area contributed by atoms with Crippen LogP contribution in [-0.2, 0) is 6.42 Å². The van der Waals surface area contributed by atoms with E-state index in [-0.39, 0.29) is 17.0 Å². The van der Waals surface area contributed by atoms with Crippen molar-refractivity contribution in [1.29, 1.82) is 0 Å². The van der Waals surface area contributed by atoms with Gasteiger partial charge in [-0.3, -0.25) is 4.79 Å². The monoisotopic (exact) mass is 433 g/mol. The van der Waals surface area contributed by atoms with Crippen molar-refractivity contribution in [2.75, 3.05) is 14.2 Å². The minimum Gasteiger partial charge on any atom is -0.497 e. The van der Waals surface area contributed by atoms with Crippen LogP contribution in [0.4, 0.5) is 0 Å². The van der Waals surface area contributed by atoms with Crippen molar-refractivity contribution >= 4 is 5.97 Å². The van der Waals surface area contributed by atoms with Crippen molar-refractivity contribution in [3.8, 4) is 33.9 Å². The van der Waals surface area contributed by atoms with E-state index in [4.69, 9.17) is 9.47 Å². The van der Waals surface area contributed by atoms with Crippen LogP contribution in [0.5, 0.6) is 11.5 Å². The standard InChI is InChI=1S/C26H27NO5/c1-26(2,3)24-11-16-10-19(15-7-6-8-17(9-15)31-4)23(32-5)12-18(16)21-13-22(28)20(25(29)30)14-27(21)24/h6-10,12-14,24H,11H2,1-5H3,(H,29,30). The maximum atomic E-state index is 12.6. The number of rotatable bonds is 4. The number of ether oxygens (including phenoxy) is 2. The Bertz CT molecular complexity index is 1270. The lowest BCUT2D eigenvalue weighted by molar-refractivity contribution is 0.0693. The highest BCUT2D eigenvalue weighted by Crippen LogP contribution is 2.46. The third-order valence-electron chi connectivity index (χ3n) is 6.14. The first-order chi connectivity index (χ1) is 15.1. The molecule has 1 aromatic heterocycles. The first kappa shape index (κ1) is 21.7. The lowest BCUT2D eigenvalue weighted by Gasteiger charge is -2.39. The Morgan fingerprint density at radius 3 is 2.44 bits per heavy atom. The van der Waals surface area contributed by atoms with Gasteiger partial charge in [0, 0.05) is 29.4 Å². The highest BCUT2D eigenvalue weighted by molar-refractivity contribution is 5.88. The number of hydrogen-bond donors (Lipinski definition) is 1. The Balaban J connectivity index is 1.98. The largest absolute Gasteiger partial charge is 0.497 e. The zero-order chi connectivity index (χ0) is 23.2. The fraction of sp³-hybridized carbons (Fsp3) is 0.308. The van der Waals surface area contributed by atoms with Crippen LogP contribution in [0, 0.1) is 5.41 Å². The van der Waals surface area contributed by atoms with E-state index < -0.39 is 11.4 Å². The number of methoxy groups -OCH3 is 2. The number of carbonyl (C=O) groups is 1. The van der Waals surface area contributed by atoms with Gasteiger partial charge in [-0.1, -0.05) is 32.9 Å². The van der Waals surface area contributed by atoms with E-state index >= 15 is 0 Å². The van der Waals surface area contributed by atoms with Crippen LogP contribution in [0.25, 0.3) is 22.4 Å². The molecule has 2 aromatic carbocycles. The number of fused-ring (bicyclic) bond motifs is 3. The van der Waals surface area contributed by atoms with Gasteiger partial charge in [0.25, 0.3) is 0 Å². The fourth-order valence-electron chi connectivity index (χ4n) is 4.43. The van der Waals surface area contributed by atoms with Gasteiger partial charge < -0.3 is 19.1 Å². The van der Waals surface area contributed by atoms with Crippen LogP contribution in [-0.4, -0.2) is 29.9 Å². The van der Waals surface area contributed by atoms with E-state index in [1.165, 1.54) is 12.3 Å². The molecular formula is C26H27NO5. The summed E-state index contributed by atoms with van der Waals surface area (Å²) in [5.74, 6) is 0.218. The van der Waals surface area contributed by atoms with E-state index in [0.717, 1.165) is 28.0 Å². The molecule has 1 aliphatic heterocycles. The van der Waals surface area contributed by atoms with Crippen LogP contribution in [0.3, 0.4) is 0 Å². The molecule has 4 rings (SSSR count). The second kappa shape index (κ2) is 7.86. The predicted octanol–water partition coefficient (Wildman–Crippen LogP) is 5.04. The fourth-order valence-corrected chi connectivity index (χ4v) is 4.43. The molecular weight excluding hydrogens is 406 g/mol. The summed E-state index contributed by atoms with van der Waals surface area (Å²) in [6.07, 6.45) is 2.19. The molecule has 0 spiro atoms. The van der Waals surface area contributed by atoms with Gasteiger partial charge in [-0.25, -0.2) is 4.79 Å². The van der Waals surface area contributed by atoms with Crippen LogP contribution >= 0.6 is 0 Å². The summed E-state index contributed by atoms with van der Waals surface area (Å²) in [4.78, 5) is 24.2. The highest BCUT2D eigenvalue weighted by Gasteiger charge is 2.34. The molecule has 3 aromatic rings. The zero-order valence-corrected chi connectivity index (χ0v) is 18.9. The van der Waals surface area contributed by atoms with Gasteiger partial charge in [-0.2, -0.15) is 0 Å². The molecule has 0 amide bonds. The summed E-state index contributed by atoms with van der Waals surface area (Å²) in [6, 6.07) is 13.3. The normalized spacial score (nSPS) is 15.0. The molecule has 1 N–H and O–H groups in total. The van der Waals surface area contributed by atoms with E-state index in [2.05, 4.69) is 26.8 Å². The number of aromatic nitrogens is 1. The number of carboxylic acid groups (broad SMARTS) is 1. The molecule has 0 aliphatic carbocycles. The van der Waals surface area contributed by atoms with Crippen LogP contribution in [0.2, 0.25) is 0 Å². The third-order valence-corrected chi connectivity index (χ3v) is 6.14. The summed E-state index contributed by atoms with van der Waals surface area (Å²) < 4.78 is 13.0. The van der Waals surface area contributed by atoms with Crippen molar-refractivity contribution < 1.29 is 19.4 Å². The van der Waals surface area contributed by atoms with Crippen molar-refractivity contribution in [2.24, 2.45) is 5.41 Å². The van der Waals surface area contributed by atoms with Gasteiger partial charge in [0.05, 0.1) is 19.9 Å².